The van der Waals surface area contributed by atoms with Crippen molar-refractivity contribution in [2.45, 2.75) is 46.5 Å². The molecular weight excluding hydrogens is 306 g/mol. The summed E-state index contributed by atoms with van der Waals surface area (Å²) in [7, 11) is 0. The van der Waals surface area contributed by atoms with Crippen molar-refractivity contribution in [3.63, 3.8) is 0 Å². The van der Waals surface area contributed by atoms with Crippen LogP contribution in [0.3, 0.4) is 0 Å². The van der Waals surface area contributed by atoms with E-state index in [0.29, 0.717) is 0 Å². The molecule has 0 radical (unpaired) electrons. The maximum absolute atomic E-state index is 4.71. The highest BCUT2D eigenvalue weighted by molar-refractivity contribution is 7.11. The molecule has 1 aromatic heterocycles. The molecule has 130 valence electrons. The van der Waals surface area contributed by atoms with Gasteiger partial charge in [-0.25, -0.2) is 4.98 Å². The molecule has 0 bridgehead atoms. The SMILES string of the molecule is CCNC(=NCCN1CCCCC1)NCCc1sc(C)nc1C. The topological polar surface area (TPSA) is 52.6 Å². The lowest BCUT2D eigenvalue weighted by Crippen LogP contribution is -2.39. The van der Waals surface area contributed by atoms with Crippen LogP contribution >= 0.6 is 11.3 Å². The van der Waals surface area contributed by atoms with Gasteiger partial charge in [-0.05, 0) is 46.7 Å². The molecule has 23 heavy (non-hydrogen) atoms. The first kappa shape index (κ1) is 18.2. The maximum atomic E-state index is 4.71. The van der Waals surface area contributed by atoms with Gasteiger partial charge in [0.15, 0.2) is 5.96 Å². The zero-order chi connectivity index (χ0) is 16.5. The summed E-state index contributed by atoms with van der Waals surface area (Å²) in [5, 5.41) is 7.93. The second-order valence-corrected chi connectivity index (χ2v) is 7.37. The number of aliphatic imine (C=N–C) groups is 1. The van der Waals surface area contributed by atoms with Crippen LogP contribution in [0.15, 0.2) is 4.99 Å². The van der Waals surface area contributed by atoms with E-state index in [-0.39, 0.29) is 0 Å². The second-order valence-electron chi connectivity index (χ2n) is 6.08. The number of nitrogens with one attached hydrogen (secondary N) is 2. The first-order valence-corrected chi connectivity index (χ1v) is 9.68. The van der Waals surface area contributed by atoms with E-state index in [9.17, 15) is 0 Å². The Labute approximate surface area is 144 Å². The molecule has 0 aliphatic carbocycles. The van der Waals surface area contributed by atoms with Crippen LogP contribution in [0.5, 0.6) is 0 Å². The molecule has 0 amide bonds. The van der Waals surface area contributed by atoms with Gasteiger partial charge in [-0.15, -0.1) is 11.3 Å². The summed E-state index contributed by atoms with van der Waals surface area (Å²) < 4.78 is 0. The van der Waals surface area contributed by atoms with Gasteiger partial charge in [0.25, 0.3) is 0 Å². The Kier molecular flexibility index (Phi) is 7.82. The molecule has 1 fully saturated rings. The molecule has 0 spiro atoms. The maximum Gasteiger partial charge on any atom is 0.191 e. The fourth-order valence-corrected chi connectivity index (χ4v) is 3.86. The molecule has 2 N–H and O–H groups in total. The summed E-state index contributed by atoms with van der Waals surface area (Å²) >= 11 is 1.80. The van der Waals surface area contributed by atoms with Crippen molar-refractivity contribution in [2.24, 2.45) is 4.99 Å². The highest BCUT2D eigenvalue weighted by Gasteiger charge is 2.09. The summed E-state index contributed by atoms with van der Waals surface area (Å²) in [6, 6.07) is 0. The predicted molar refractivity (Wildman–Crippen MR) is 99.6 cm³/mol. The average Bonchev–Trinajstić information content (AvgIpc) is 2.86. The summed E-state index contributed by atoms with van der Waals surface area (Å²) in [6.07, 6.45) is 5.08. The molecule has 1 aromatic rings. The lowest BCUT2D eigenvalue weighted by atomic mass is 10.1. The summed E-state index contributed by atoms with van der Waals surface area (Å²) in [6.45, 7) is 12.5. The van der Waals surface area contributed by atoms with Crippen LogP contribution in [0.1, 0.15) is 41.8 Å². The van der Waals surface area contributed by atoms with Crippen molar-refractivity contribution in [3.8, 4) is 0 Å². The van der Waals surface area contributed by atoms with Gasteiger partial charge in [0, 0.05) is 30.9 Å². The Hall–Kier alpha value is -1.14. The average molecular weight is 338 g/mol. The van der Waals surface area contributed by atoms with Gasteiger partial charge in [-0.1, -0.05) is 6.42 Å². The second kappa shape index (κ2) is 9.88. The Morgan fingerprint density at radius 2 is 2.00 bits per heavy atom. The Balaban J connectivity index is 1.73. The van der Waals surface area contributed by atoms with Crippen molar-refractivity contribution in [1.82, 2.24) is 20.5 Å². The first-order chi connectivity index (χ1) is 11.2. The summed E-state index contributed by atoms with van der Waals surface area (Å²) in [5.74, 6) is 0.934. The normalized spacial score (nSPS) is 16.6. The number of aromatic nitrogens is 1. The predicted octanol–water partition coefficient (Wildman–Crippen LogP) is 2.34. The van der Waals surface area contributed by atoms with E-state index >= 15 is 0 Å². The summed E-state index contributed by atoms with van der Waals surface area (Å²) in [4.78, 5) is 13.1. The fourth-order valence-electron chi connectivity index (χ4n) is 2.93. The molecule has 2 heterocycles. The van der Waals surface area contributed by atoms with E-state index in [1.807, 2.05) is 0 Å². The third-order valence-corrected chi connectivity index (χ3v) is 5.26. The van der Waals surface area contributed by atoms with Crippen LogP contribution in [-0.2, 0) is 6.42 Å². The van der Waals surface area contributed by atoms with Crippen LogP contribution < -0.4 is 10.6 Å². The van der Waals surface area contributed by atoms with Gasteiger partial charge in [0.1, 0.15) is 0 Å². The number of guanidine groups is 1. The van der Waals surface area contributed by atoms with Crippen LogP contribution in [0.4, 0.5) is 0 Å². The molecular formula is C17H31N5S. The van der Waals surface area contributed by atoms with Crippen LogP contribution in [0.25, 0.3) is 0 Å². The number of likely N-dealkylation sites (tertiary alicyclic amines) is 1. The van der Waals surface area contributed by atoms with E-state index in [0.717, 1.165) is 43.6 Å². The van der Waals surface area contributed by atoms with E-state index in [1.54, 1.807) is 11.3 Å². The molecule has 1 saturated heterocycles. The fraction of sp³-hybridized carbons (Fsp3) is 0.765. The first-order valence-electron chi connectivity index (χ1n) is 8.86. The van der Waals surface area contributed by atoms with Gasteiger partial charge in [0.2, 0.25) is 0 Å². The number of hydrogen-bond acceptors (Lipinski definition) is 4. The number of thiazole rings is 1. The highest BCUT2D eigenvalue weighted by Crippen LogP contribution is 2.17. The molecule has 2 rings (SSSR count). The van der Waals surface area contributed by atoms with Crippen molar-refractivity contribution in [1.29, 1.82) is 0 Å². The zero-order valence-corrected chi connectivity index (χ0v) is 15.6. The number of aryl methyl sites for hydroxylation is 2. The smallest absolute Gasteiger partial charge is 0.191 e. The Bertz CT molecular complexity index is 491. The monoisotopic (exact) mass is 337 g/mol. The third kappa shape index (κ3) is 6.47. The molecule has 0 saturated carbocycles. The number of piperidine rings is 1. The van der Waals surface area contributed by atoms with Crippen molar-refractivity contribution < 1.29 is 0 Å². The molecule has 0 atom stereocenters. The Morgan fingerprint density at radius 1 is 1.22 bits per heavy atom. The van der Waals surface area contributed by atoms with Crippen molar-refractivity contribution in [3.05, 3.63) is 15.6 Å². The van der Waals surface area contributed by atoms with Gasteiger partial charge in [-0.2, -0.15) is 0 Å². The molecule has 6 heteroatoms. The number of rotatable bonds is 7. The molecule has 1 aliphatic rings. The number of hydrogen-bond donors (Lipinski definition) is 2. The standard InChI is InChI=1S/C17H31N5S/c1-4-18-17(20-10-13-22-11-6-5-7-12-22)19-9-8-16-14(2)21-15(3)23-16/h4-13H2,1-3H3,(H2,18,19,20). The minimum absolute atomic E-state index is 0.869. The minimum atomic E-state index is 0.869. The van der Waals surface area contributed by atoms with E-state index < -0.39 is 0 Å². The highest BCUT2D eigenvalue weighted by atomic mass is 32.1. The van der Waals surface area contributed by atoms with E-state index in [1.165, 1.54) is 42.9 Å². The quantitative estimate of drug-likeness (QED) is 0.592. The van der Waals surface area contributed by atoms with E-state index in [2.05, 4.69) is 41.3 Å². The van der Waals surface area contributed by atoms with Crippen LogP contribution in [0, 0.1) is 13.8 Å². The third-order valence-electron chi connectivity index (χ3n) is 4.12. The molecule has 5 nitrogen and oxygen atoms in total. The van der Waals surface area contributed by atoms with Crippen LogP contribution in [0.2, 0.25) is 0 Å². The van der Waals surface area contributed by atoms with Gasteiger partial charge >= 0.3 is 0 Å². The zero-order valence-electron chi connectivity index (χ0n) is 14.8. The molecule has 0 aromatic carbocycles. The van der Waals surface area contributed by atoms with Crippen molar-refractivity contribution in [2.75, 3.05) is 39.3 Å². The number of nitrogens with zero attached hydrogens (tertiary/aromatic N) is 3. The summed E-state index contributed by atoms with van der Waals surface area (Å²) in [5.41, 5.74) is 1.17. The lowest BCUT2D eigenvalue weighted by Gasteiger charge is -2.25. The minimum Gasteiger partial charge on any atom is -0.357 e. The molecule has 1 aliphatic heterocycles. The van der Waals surface area contributed by atoms with Crippen LogP contribution in [-0.4, -0.2) is 55.1 Å². The largest absolute Gasteiger partial charge is 0.357 e. The van der Waals surface area contributed by atoms with Gasteiger partial charge < -0.3 is 15.5 Å². The van der Waals surface area contributed by atoms with E-state index in [4.69, 9.17) is 4.99 Å². The van der Waals surface area contributed by atoms with Crippen molar-refractivity contribution >= 4 is 17.3 Å². The lowest BCUT2D eigenvalue weighted by molar-refractivity contribution is 0.235. The van der Waals surface area contributed by atoms with Gasteiger partial charge in [0.05, 0.1) is 17.2 Å². The molecule has 0 unspecified atom stereocenters. The Morgan fingerprint density at radius 3 is 2.65 bits per heavy atom. The van der Waals surface area contributed by atoms with Gasteiger partial charge in [-0.3, -0.25) is 4.99 Å².